The summed E-state index contributed by atoms with van der Waals surface area (Å²) in [6.07, 6.45) is 3.13. The van der Waals surface area contributed by atoms with Gasteiger partial charge < -0.3 is 15.0 Å². The predicted octanol–water partition coefficient (Wildman–Crippen LogP) is 1.04. The number of hydrogen-bond acceptors (Lipinski definition) is 6. The standard InChI is InChI=1S/C14H20N4OS2/c1-18-6-4-9-10(8-18)21-13-11(9)12(15-5-7-19-2)16-14(17-13)20-3/h4-8H2,1-3H3,(H,15,16,17)/p+1. The fourth-order valence-corrected chi connectivity index (χ4v) is 4.44. The number of fused-ring (bicyclic) bond motifs is 3. The Kier molecular flexibility index (Phi) is 4.63. The molecule has 3 heterocycles. The second-order valence-corrected chi connectivity index (χ2v) is 7.15. The molecule has 5 nitrogen and oxygen atoms in total. The lowest BCUT2D eigenvalue weighted by Crippen LogP contribution is -3.08. The molecular weight excluding hydrogens is 304 g/mol. The number of methoxy groups -OCH3 is 1. The van der Waals surface area contributed by atoms with E-state index in [0.29, 0.717) is 6.61 Å². The van der Waals surface area contributed by atoms with Crippen LogP contribution in [0.15, 0.2) is 5.16 Å². The van der Waals surface area contributed by atoms with Crippen molar-refractivity contribution in [3.63, 3.8) is 0 Å². The molecule has 114 valence electrons. The molecule has 3 rings (SSSR count). The Labute approximate surface area is 133 Å². The van der Waals surface area contributed by atoms with E-state index in [4.69, 9.17) is 9.72 Å². The normalized spacial score (nSPS) is 18.0. The van der Waals surface area contributed by atoms with Crippen molar-refractivity contribution >= 4 is 39.1 Å². The van der Waals surface area contributed by atoms with Gasteiger partial charge in [0.1, 0.15) is 17.2 Å². The topological polar surface area (TPSA) is 51.5 Å². The van der Waals surface area contributed by atoms with Crippen LogP contribution in [0.3, 0.4) is 0 Å². The van der Waals surface area contributed by atoms with Crippen LogP contribution in [0.5, 0.6) is 0 Å². The average molecular weight is 325 g/mol. The highest BCUT2D eigenvalue weighted by Gasteiger charge is 2.24. The van der Waals surface area contributed by atoms with E-state index < -0.39 is 0 Å². The van der Waals surface area contributed by atoms with Gasteiger partial charge in [0.05, 0.1) is 30.5 Å². The molecule has 1 unspecified atom stereocenters. The van der Waals surface area contributed by atoms with Gasteiger partial charge in [-0.3, -0.25) is 0 Å². The highest BCUT2D eigenvalue weighted by atomic mass is 32.2. The summed E-state index contributed by atoms with van der Waals surface area (Å²) in [7, 11) is 3.97. The van der Waals surface area contributed by atoms with E-state index in [1.807, 2.05) is 17.6 Å². The summed E-state index contributed by atoms with van der Waals surface area (Å²) in [6, 6.07) is 0. The zero-order chi connectivity index (χ0) is 14.8. The van der Waals surface area contributed by atoms with Crippen molar-refractivity contribution in [3.8, 4) is 0 Å². The summed E-state index contributed by atoms with van der Waals surface area (Å²) in [6.45, 7) is 3.73. The molecule has 0 spiro atoms. The molecule has 0 amide bonds. The van der Waals surface area contributed by atoms with Crippen LogP contribution in [0, 0.1) is 0 Å². The van der Waals surface area contributed by atoms with Crippen LogP contribution in [0.2, 0.25) is 0 Å². The van der Waals surface area contributed by atoms with Crippen LogP contribution in [0.25, 0.3) is 10.2 Å². The first-order chi connectivity index (χ1) is 10.2. The maximum Gasteiger partial charge on any atom is 0.190 e. The van der Waals surface area contributed by atoms with Gasteiger partial charge >= 0.3 is 0 Å². The molecule has 1 aliphatic heterocycles. The van der Waals surface area contributed by atoms with E-state index in [-0.39, 0.29) is 0 Å². The summed E-state index contributed by atoms with van der Waals surface area (Å²) in [5, 5.41) is 5.49. The summed E-state index contributed by atoms with van der Waals surface area (Å²) in [5.74, 6) is 0.971. The number of likely N-dealkylation sites (N-methyl/N-ethyl adjacent to an activating group) is 1. The van der Waals surface area contributed by atoms with Crippen molar-refractivity contribution in [2.45, 2.75) is 18.1 Å². The van der Waals surface area contributed by atoms with Gasteiger partial charge in [-0.2, -0.15) is 0 Å². The molecule has 0 bridgehead atoms. The van der Waals surface area contributed by atoms with Gasteiger partial charge in [-0.15, -0.1) is 11.3 Å². The maximum atomic E-state index is 5.13. The zero-order valence-corrected chi connectivity index (χ0v) is 14.3. The Morgan fingerprint density at radius 1 is 1.43 bits per heavy atom. The van der Waals surface area contributed by atoms with Gasteiger partial charge in [0, 0.05) is 20.1 Å². The number of ether oxygens (including phenoxy) is 1. The van der Waals surface area contributed by atoms with Crippen molar-refractivity contribution in [2.75, 3.05) is 45.4 Å². The minimum Gasteiger partial charge on any atom is -0.383 e. The number of thiophene rings is 1. The van der Waals surface area contributed by atoms with Gasteiger partial charge in [0.25, 0.3) is 0 Å². The van der Waals surface area contributed by atoms with Crippen LogP contribution >= 0.6 is 23.1 Å². The number of rotatable bonds is 5. The van der Waals surface area contributed by atoms with Crippen LogP contribution in [-0.2, 0) is 17.7 Å². The highest BCUT2D eigenvalue weighted by Crippen LogP contribution is 2.36. The Morgan fingerprint density at radius 3 is 3.05 bits per heavy atom. The molecule has 2 N–H and O–H groups in total. The number of quaternary nitrogens is 1. The van der Waals surface area contributed by atoms with E-state index in [9.17, 15) is 0 Å². The van der Waals surface area contributed by atoms with Gasteiger partial charge in [-0.1, -0.05) is 11.8 Å². The molecule has 21 heavy (non-hydrogen) atoms. The zero-order valence-electron chi connectivity index (χ0n) is 12.7. The first-order valence-electron chi connectivity index (χ1n) is 7.13. The number of aromatic nitrogens is 2. The molecule has 0 aliphatic carbocycles. The van der Waals surface area contributed by atoms with Crippen molar-refractivity contribution < 1.29 is 9.64 Å². The molecule has 1 aliphatic rings. The third-order valence-electron chi connectivity index (χ3n) is 3.76. The third-order valence-corrected chi connectivity index (χ3v) is 5.43. The first kappa shape index (κ1) is 15.0. The van der Waals surface area contributed by atoms with Crippen molar-refractivity contribution in [2.24, 2.45) is 0 Å². The molecule has 0 saturated carbocycles. The molecular formula is C14H21N4OS2+. The molecule has 7 heteroatoms. The summed E-state index contributed by atoms with van der Waals surface area (Å²) >= 11 is 3.42. The van der Waals surface area contributed by atoms with Crippen LogP contribution in [-0.4, -0.2) is 50.1 Å². The third kappa shape index (κ3) is 3.01. The van der Waals surface area contributed by atoms with Crippen LogP contribution in [0.1, 0.15) is 10.4 Å². The van der Waals surface area contributed by atoms with E-state index in [2.05, 4.69) is 17.3 Å². The smallest absolute Gasteiger partial charge is 0.190 e. The lowest BCUT2D eigenvalue weighted by molar-refractivity contribution is -0.895. The Morgan fingerprint density at radius 2 is 2.29 bits per heavy atom. The second-order valence-electron chi connectivity index (χ2n) is 5.30. The number of anilines is 1. The average Bonchev–Trinajstić information content (AvgIpc) is 2.84. The Balaban J connectivity index is 2.05. The molecule has 0 aromatic carbocycles. The maximum absolute atomic E-state index is 5.13. The van der Waals surface area contributed by atoms with Gasteiger partial charge in [0.15, 0.2) is 5.16 Å². The molecule has 0 radical (unpaired) electrons. The number of nitrogens with one attached hydrogen (secondary N) is 2. The number of nitrogens with zero attached hydrogens (tertiary/aromatic N) is 2. The lowest BCUT2D eigenvalue weighted by atomic mass is 10.1. The Bertz CT molecular complexity index is 643. The van der Waals surface area contributed by atoms with E-state index in [1.165, 1.54) is 22.4 Å². The number of thioether (sulfide) groups is 1. The van der Waals surface area contributed by atoms with Gasteiger partial charge in [0.2, 0.25) is 0 Å². The minimum atomic E-state index is 0.680. The molecule has 1 atom stereocenters. The van der Waals surface area contributed by atoms with Crippen molar-refractivity contribution in [1.29, 1.82) is 0 Å². The largest absolute Gasteiger partial charge is 0.383 e. The lowest BCUT2D eigenvalue weighted by Gasteiger charge is -2.19. The van der Waals surface area contributed by atoms with E-state index in [1.54, 1.807) is 23.8 Å². The molecule has 2 aromatic heterocycles. The van der Waals surface area contributed by atoms with Gasteiger partial charge in [-0.25, -0.2) is 9.97 Å². The van der Waals surface area contributed by atoms with Gasteiger partial charge in [-0.05, 0) is 11.8 Å². The molecule has 0 saturated heterocycles. The van der Waals surface area contributed by atoms with Crippen molar-refractivity contribution in [1.82, 2.24) is 9.97 Å². The van der Waals surface area contributed by atoms with Crippen molar-refractivity contribution in [3.05, 3.63) is 10.4 Å². The van der Waals surface area contributed by atoms with E-state index >= 15 is 0 Å². The fourth-order valence-electron chi connectivity index (χ4n) is 2.68. The van der Waals surface area contributed by atoms with Crippen LogP contribution < -0.4 is 10.2 Å². The van der Waals surface area contributed by atoms with Crippen LogP contribution in [0.4, 0.5) is 5.82 Å². The molecule has 0 fully saturated rings. The van der Waals surface area contributed by atoms with E-state index in [0.717, 1.165) is 35.3 Å². The summed E-state index contributed by atoms with van der Waals surface area (Å²) in [5.41, 5.74) is 1.45. The predicted molar refractivity (Wildman–Crippen MR) is 88.7 cm³/mol. The SMILES string of the molecule is COCCNc1nc(SC)nc2sc3c(c12)CC[NH+](C)C3. The monoisotopic (exact) mass is 325 g/mol. The minimum absolute atomic E-state index is 0.680. The number of hydrogen-bond donors (Lipinski definition) is 2. The molecule has 2 aromatic rings. The fraction of sp³-hybridized carbons (Fsp3) is 0.571. The summed E-state index contributed by atoms with van der Waals surface area (Å²) < 4.78 is 5.13. The summed E-state index contributed by atoms with van der Waals surface area (Å²) in [4.78, 5) is 13.5. The highest BCUT2D eigenvalue weighted by molar-refractivity contribution is 7.98. The quantitative estimate of drug-likeness (QED) is 0.489. The second kappa shape index (κ2) is 6.48. The Hall–Kier alpha value is -0.890. The first-order valence-corrected chi connectivity index (χ1v) is 9.17.